The van der Waals surface area contributed by atoms with Crippen LogP contribution in [0, 0.1) is 6.92 Å². The smallest absolute Gasteiger partial charge is 0.251 e. The summed E-state index contributed by atoms with van der Waals surface area (Å²) in [5.41, 5.74) is 6.26. The van der Waals surface area contributed by atoms with Crippen molar-refractivity contribution < 1.29 is 14.3 Å². The minimum Gasteiger partial charge on any atom is -0.494 e. The monoisotopic (exact) mass is 406 g/mol. The van der Waals surface area contributed by atoms with Crippen LogP contribution >= 0.6 is 0 Å². The number of aryl methyl sites for hydroxylation is 1. The summed E-state index contributed by atoms with van der Waals surface area (Å²) in [6, 6.07) is 15.2. The number of amides is 2. The summed E-state index contributed by atoms with van der Waals surface area (Å²) in [4.78, 5) is 26.9. The van der Waals surface area contributed by atoms with Crippen molar-refractivity contribution in [2.24, 2.45) is 0 Å². The van der Waals surface area contributed by atoms with Crippen LogP contribution < -0.4 is 15.5 Å². The second-order valence-corrected chi connectivity index (χ2v) is 7.52. The van der Waals surface area contributed by atoms with Crippen LogP contribution in [0.25, 0.3) is 0 Å². The maximum Gasteiger partial charge on any atom is 0.251 e. The van der Waals surface area contributed by atoms with Gasteiger partial charge in [-0.15, -0.1) is 0 Å². The Morgan fingerprint density at radius 1 is 1.20 bits per heavy atom. The average Bonchev–Trinajstić information content (AvgIpc) is 3.16. The molecular weight excluding hydrogens is 380 g/mol. The predicted octanol–water partition coefficient (Wildman–Crippen LogP) is 2.97. The minimum atomic E-state index is -0.335. The number of rotatable bonds is 6. The number of nitrogens with one attached hydrogen (secondary N) is 2. The number of ether oxygens (including phenoxy) is 1. The molecule has 2 heterocycles. The minimum absolute atomic E-state index is 0.0126. The molecule has 4 rings (SSSR count). The van der Waals surface area contributed by atoms with Gasteiger partial charge in [-0.25, -0.2) is 5.43 Å². The Hall–Kier alpha value is -3.32. The molecule has 2 unspecified atom stereocenters. The zero-order valence-electron chi connectivity index (χ0n) is 17.2. The van der Waals surface area contributed by atoms with E-state index in [1.54, 1.807) is 6.20 Å². The molecule has 0 saturated carbocycles. The van der Waals surface area contributed by atoms with Gasteiger partial charge in [0.2, 0.25) is 5.91 Å². The Bertz CT molecular complexity index is 957. The summed E-state index contributed by atoms with van der Waals surface area (Å²) in [7, 11) is 0. The van der Waals surface area contributed by atoms with Gasteiger partial charge in [0, 0.05) is 18.1 Å². The van der Waals surface area contributed by atoms with Crippen molar-refractivity contribution in [1.82, 2.24) is 15.3 Å². The van der Waals surface area contributed by atoms with Gasteiger partial charge in [-0.3, -0.25) is 9.59 Å². The summed E-state index contributed by atoms with van der Waals surface area (Å²) < 4.78 is 5.49. The lowest BCUT2D eigenvalue weighted by molar-refractivity contribution is -0.137. The third-order valence-corrected chi connectivity index (χ3v) is 5.28. The molecule has 7 heteroatoms. The Labute approximate surface area is 176 Å². The van der Waals surface area contributed by atoms with E-state index in [2.05, 4.69) is 10.7 Å². The highest BCUT2D eigenvalue weighted by atomic mass is 16.5. The van der Waals surface area contributed by atoms with Crippen LogP contribution in [0.4, 0.5) is 5.69 Å². The van der Waals surface area contributed by atoms with Gasteiger partial charge in [-0.2, -0.15) is 0 Å². The normalized spacial score (nSPS) is 20.3. The van der Waals surface area contributed by atoms with Crippen LogP contribution in [-0.2, 0) is 9.59 Å². The lowest BCUT2D eigenvalue weighted by Gasteiger charge is -2.31. The van der Waals surface area contributed by atoms with Gasteiger partial charge in [0.1, 0.15) is 18.3 Å². The number of fused-ring (bicyclic) bond motifs is 1. The van der Waals surface area contributed by atoms with Gasteiger partial charge < -0.3 is 20.0 Å². The summed E-state index contributed by atoms with van der Waals surface area (Å²) in [6.45, 7) is 4.54. The van der Waals surface area contributed by atoms with Crippen molar-refractivity contribution in [3.05, 3.63) is 72.1 Å². The Morgan fingerprint density at radius 2 is 2.00 bits per heavy atom. The molecule has 2 aliphatic rings. The van der Waals surface area contributed by atoms with Crippen molar-refractivity contribution in [3.8, 4) is 5.75 Å². The highest BCUT2D eigenvalue weighted by Crippen LogP contribution is 2.31. The molecule has 2 aromatic carbocycles. The third-order valence-electron chi connectivity index (χ3n) is 5.28. The largest absolute Gasteiger partial charge is 0.494 e. The van der Waals surface area contributed by atoms with Crippen molar-refractivity contribution in [3.63, 3.8) is 0 Å². The summed E-state index contributed by atoms with van der Waals surface area (Å²) in [6.07, 6.45) is 4.11. The van der Waals surface area contributed by atoms with Gasteiger partial charge in [0.15, 0.2) is 0 Å². The molecule has 2 aliphatic heterocycles. The molecule has 2 aromatic rings. The van der Waals surface area contributed by atoms with Gasteiger partial charge in [0.25, 0.3) is 5.91 Å². The van der Waals surface area contributed by atoms with Crippen molar-refractivity contribution >= 4 is 17.5 Å². The number of nitrogens with zero attached hydrogens (tertiary/aromatic N) is 2. The highest BCUT2D eigenvalue weighted by Gasteiger charge is 2.40. The number of hydrazine groups is 1. The molecule has 2 amide bonds. The van der Waals surface area contributed by atoms with E-state index >= 15 is 0 Å². The first-order valence-corrected chi connectivity index (χ1v) is 10.2. The molecule has 156 valence electrons. The van der Waals surface area contributed by atoms with Crippen molar-refractivity contribution in [2.75, 3.05) is 18.5 Å². The second-order valence-electron chi connectivity index (χ2n) is 7.52. The molecule has 1 fully saturated rings. The molecule has 2 atom stereocenters. The molecule has 0 spiro atoms. The first kappa shape index (κ1) is 20.0. The molecule has 0 aromatic heterocycles. The predicted molar refractivity (Wildman–Crippen MR) is 114 cm³/mol. The lowest BCUT2D eigenvalue weighted by Crippen LogP contribution is -2.49. The van der Waals surface area contributed by atoms with Gasteiger partial charge in [0.05, 0.1) is 12.6 Å². The molecule has 0 aliphatic carbocycles. The second kappa shape index (κ2) is 8.59. The van der Waals surface area contributed by atoms with E-state index in [-0.39, 0.29) is 30.4 Å². The molecule has 1 saturated heterocycles. The zero-order valence-corrected chi connectivity index (χ0v) is 17.2. The first-order chi connectivity index (χ1) is 14.5. The molecule has 2 N–H and O–H groups in total. The van der Waals surface area contributed by atoms with E-state index < -0.39 is 0 Å². The summed E-state index contributed by atoms with van der Waals surface area (Å²) in [5.74, 6) is 0.526. The van der Waals surface area contributed by atoms with E-state index in [1.165, 1.54) is 4.90 Å². The van der Waals surface area contributed by atoms with E-state index in [0.29, 0.717) is 13.0 Å². The lowest BCUT2D eigenvalue weighted by atomic mass is 10.0. The molecule has 0 bridgehead atoms. The Balaban J connectivity index is 1.37. The van der Waals surface area contributed by atoms with E-state index in [4.69, 9.17) is 4.74 Å². The van der Waals surface area contributed by atoms with Gasteiger partial charge >= 0.3 is 0 Å². The highest BCUT2D eigenvalue weighted by molar-refractivity contribution is 5.96. The standard InChI is InChI=1S/C23H26N4O3/c1-3-30-19-9-7-17(8-10-19)20-14-21-23(29)26(11-12-27(21)25-20)15-22(28)24-18-6-4-5-16(2)13-18/h4-13,20-21,25H,3,14-15H2,1-2H3,(H,24,28). The van der Waals surface area contributed by atoms with E-state index in [1.807, 2.05) is 73.6 Å². The van der Waals surface area contributed by atoms with Gasteiger partial charge in [-0.05, 0) is 55.7 Å². The summed E-state index contributed by atoms with van der Waals surface area (Å²) >= 11 is 0. The number of hydrogen-bond donors (Lipinski definition) is 2. The van der Waals surface area contributed by atoms with E-state index in [0.717, 1.165) is 22.6 Å². The van der Waals surface area contributed by atoms with Crippen molar-refractivity contribution in [1.29, 1.82) is 0 Å². The first-order valence-electron chi connectivity index (χ1n) is 10.2. The number of carbonyl (C=O) groups is 2. The van der Waals surface area contributed by atoms with Crippen LogP contribution in [0.5, 0.6) is 5.75 Å². The van der Waals surface area contributed by atoms with Crippen LogP contribution in [0.3, 0.4) is 0 Å². The fraction of sp³-hybridized carbons (Fsp3) is 0.304. The summed E-state index contributed by atoms with van der Waals surface area (Å²) in [5, 5.41) is 4.68. The van der Waals surface area contributed by atoms with E-state index in [9.17, 15) is 9.59 Å². The van der Waals surface area contributed by atoms with Crippen molar-refractivity contribution in [2.45, 2.75) is 32.4 Å². The van der Waals surface area contributed by atoms with Crippen LogP contribution in [-0.4, -0.2) is 40.9 Å². The fourth-order valence-electron chi connectivity index (χ4n) is 3.83. The Morgan fingerprint density at radius 3 is 2.73 bits per heavy atom. The maximum atomic E-state index is 13.0. The number of hydrogen-bond acceptors (Lipinski definition) is 5. The quantitative estimate of drug-likeness (QED) is 0.772. The molecule has 0 radical (unpaired) electrons. The number of anilines is 1. The maximum absolute atomic E-state index is 13.0. The third kappa shape index (κ3) is 4.31. The van der Waals surface area contributed by atoms with Crippen LogP contribution in [0.2, 0.25) is 0 Å². The molecular formula is C23H26N4O3. The molecule has 7 nitrogen and oxygen atoms in total. The molecule has 30 heavy (non-hydrogen) atoms. The fourth-order valence-corrected chi connectivity index (χ4v) is 3.83. The Kier molecular flexibility index (Phi) is 5.72. The zero-order chi connectivity index (χ0) is 21.1. The topological polar surface area (TPSA) is 73.9 Å². The number of carbonyl (C=O) groups excluding carboxylic acids is 2. The van der Waals surface area contributed by atoms with Gasteiger partial charge in [-0.1, -0.05) is 24.3 Å². The van der Waals surface area contributed by atoms with Crippen LogP contribution in [0.1, 0.15) is 30.5 Å². The van der Waals surface area contributed by atoms with Crippen LogP contribution in [0.15, 0.2) is 60.9 Å². The average molecular weight is 406 g/mol. The SMILES string of the molecule is CCOc1ccc(C2CC3C(=O)N(CC(=O)Nc4cccc(C)c4)C=CN3N2)cc1. The number of benzene rings is 2.